The molecule has 4 rings (SSSR count). The average molecular weight is 373 g/mol. The second kappa shape index (κ2) is 7.56. The van der Waals surface area contributed by atoms with Gasteiger partial charge < -0.3 is 5.32 Å². The predicted octanol–water partition coefficient (Wildman–Crippen LogP) is 6.14. The number of nitrogens with one attached hydrogen (secondary N) is 1. The topological polar surface area (TPSA) is 37.8 Å². The Balaban J connectivity index is 1.78. The lowest BCUT2D eigenvalue weighted by Crippen LogP contribution is -2.00. The van der Waals surface area contributed by atoms with Gasteiger partial charge in [-0.1, -0.05) is 17.7 Å². The smallest absolute Gasteiger partial charge is 0.228 e. The molecule has 3 aromatic carbocycles. The Labute approximate surface area is 161 Å². The molecule has 4 aromatic rings. The van der Waals surface area contributed by atoms with E-state index in [0.717, 1.165) is 22.4 Å². The third-order valence-corrected chi connectivity index (χ3v) is 4.31. The second-order valence-corrected chi connectivity index (χ2v) is 6.47. The van der Waals surface area contributed by atoms with Crippen molar-refractivity contribution in [1.29, 1.82) is 0 Å². The Hall–Kier alpha value is -3.60. The molecule has 0 fully saturated rings. The minimum atomic E-state index is -0.311. The highest BCUT2D eigenvalue weighted by molar-refractivity contribution is 5.70. The Morgan fingerprint density at radius 3 is 1.57 bits per heavy atom. The molecule has 0 aliphatic heterocycles. The molecule has 0 unspecified atom stereocenters. The van der Waals surface area contributed by atoms with Gasteiger partial charge in [-0.3, -0.25) is 0 Å². The van der Waals surface area contributed by atoms with Crippen molar-refractivity contribution in [2.24, 2.45) is 0 Å². The van der Waals surface area contributed by atoms with Crippen LogP contribution in [0.15, 0.2) is 78.9 Å². The summed E-state index contributed by atoms with van der Waals surface area (Å²) < 4.78 is 26.6. The Bertz CT molecular complexity index is 1030. The monoisotopic (exact) mass is 373 g/mol. The minimum absolute atomic E-state index is 0.311. The molecule has 0 saturated heterocycles. The molecule has 28 heavy (non-hydrogen) atoms. The summed E-state index contributed by atoms with van der Waals surface area (Å²) in [5.74, 6) is -0.214. The van der Waals surface area contributed by atoms with Crippen LogP contribution in [0.4, 0.5) is 20.4 Å². The van der Waals surface area contributed by atoms with Crippen LogP contribution < -0.4 is 5.32 Å². The molecule has 3 nitrogen and oxygen atoms in total. The van der Waals surface area contributed by atoms with E-state index in [4.69, 9.17) is 0 Å². The number of aryl methyl sites for hydroxylation is 1. The quantitative estimate of drug-likeness (QED) is 0.467. The summed E-state index contributed by atoms with van der Waals surface area (Å²) in [7, 11) is 0. The third-order valence-electron chi connectivity index (χ3n) is 4.31. The van der Waals surface area contributed by atoms with E-state index in [0.29, 0.717) is 17.3 Å². The fourth-order valence-corrected chi connectivity index (χ4v) is 2.81. The van der Waals surface area contributed by atoms with Crippen molar-refractivity contribution in [1.82, 2.24) is 9.97 Å². The summed E-state index contributed by atoms with van der Waals surface area (Å²) in [5, 5.41) is 3.20. The molecule has 0 spiro atoms. The van der Waals surface area contributed by atoms with Gasteiger partial charge >= 0.3 is 0 Å². The lowest BCUT2D eigenvalue weighted by atomic mass is 10.1. The molecule has 0 saturated carbocycles. The van der Waals surface area contributed by atoms with Crippen LogP contribution in [0.3, 0.4) is 0 Å². The van der Waals surface area contributed by atoms with E-state index in [1.54, 1.807) is 30.3 Å². The van der Waals surface area contributed by atoms with E-state index in [2.05, 4.69) is 15.3 Å². The van der Waals surface area contributed by atoms with Gasteiger partial charge in [0.15, 0.2) is 0 Å². The van der Waals surface area contributed by atoms with Crippen molar-refractivity contribution in [3.8, 4) is 22.5 Å². The van der Waals surface area contributed by atoms with Crippen molar-refractivity contribution in [3.63, 3.8) is 0 Å². The standard InChI is InChI=1S/C23H17F2N3/c1-15-2-12-20(13-3-15)26-23-27-21(16-4-8-18(24)9-5-16)14-22(28-23)17-6-10-19(25)11-7-17/h2-14H,1H3,(H,26,27,28). The maximum atomic E-state index is 13.3. The van der Waals surface area contributed by atoms with Gasteiger partial charge in [-0.05, 0) is 73.7 Å². The zero-order chi connectivity index (χ0) is 19.5. The number of rotatable bonds is 4. The van der Waals surface area contributed by atoms with Crippen molar-refractivity contribution in [2.75, 3.05) is 5.32 Å². The Kier molecular flexibility index (Phi) is 4.81. The highest BCUT2D eigenvalue weighted by Gasteiger charge is 2.10. The van der Waals surface area contributed by atoms with Gasteiger partial charge in [0.25, 0.3) is 0 Å². The summed E-state index contributed by atoms with van der Waals surface area (Å²) in [6, 6.07) is 21.9. The number of hydrogen-bond donors (Lipinski definition) is 1. The zero-order valence-electron chi connectivity index (χ0n) is 15.2. The molecule has 0 bridgehead atoms. The van der Waals surface area contributed by atoms with Gasteiger partial charge in [0, 0.05) is 16.8 Å². The minimum Gasteiger partial charge on any atom is -0.324 e. The zero-order valence-corrected chi connectivity index (χ0v) is 15.2. The van der Waals surface area contributed by atoms with E-state index in [-0.39, 0.29) is 11.6 Å². The van der Waals surface area contributed by atoms with Crippen molar-refractivity contribution >= 4 is 11.6 Å². The molecule has 0 amide bonds. The van der Waals surface area contributed by atoms with Gasteiger partial charge in [-0.2, -0.15) is 0 Å². The molecule has 0 radical (unpaired) electrons. The fourth-order valence-electron chi connectivity index (χ4n) is 2.81. The number of aromatic nitrogens is 2. The van der Waals surface area contributed by atoms with Crippen LogP contribution in [-0.2, 0) is 0 Å². The van der Waals surface area contributed by atoms with Crippen LogP contribution >= 0.6 is 0 Å². The first-order valence-corrected chi connectivity index (χ1v) is 8.81. The highest BCUT2D eigenvalue weighted by Crippen LogP contribution is 2.27. The van der Waals surface area contributed by atoms with Gasteiger partial charge in [-0.25, -0.2) is 18.7 Å². The maximum Gasteiger partial charge on any atom is 0.228 e. The van der Waals surface area contributed by atoms with Crippen LogP contribution in [0, 0.1) is 18.6 Å². The van der Waals surface area contributed by atoms with Crippen molar-refractivity contribution < 1.29 is 8.78 Å². The summed E-state index contributed by atoms with van der Waals surface area (Å²) in [4.78, 5) is 9.15. The van der Waals surface area contributed by atoms with Crippen LogP contribution in [0.1, 0.15) is 5.56 Å². The van der Waals surface area contributed by atoms with E-state index in [9.17, 15) is 8.78 Å². The highest BCUT2D eigenvalue weighted by atomic mass is 19.1. The molecular weight excluding hydrogens is 356 g/mol. The normalized spacial score (nSPS) is 10.7. The van der Waals surface area contributed by atoms with Gasteiger partial charge in [0.2, 0.25) is 5.95 Å². The summed E-state index contributed by atoms with van der Waals surface area (Å²) in [5.41, 5.74) is 4.82. The van der Waals surface area contributed by atoms with E-state index in [1.165, 1.54) is 24.3 Å². The predicted molar refractivity (Wildman–Crippen MR) is 107 cm³/mol. The average Bonchev–Trinajstić information content (AvgIpc) is 2.71. The van der Waals surface area contributed by atoms with E-state index < -0.39 is 0 Å². The molecule has 138 valence electrons. The molecule has 5 heteroatoms. The lowest BCUT2D eigenvalue weighted by Gasteiger charge is -2.11. The fraction of sp³-hybridized carbons (Fsp3) is 0.0435. The van der Waals surface area contributed by atoms with Crippen molar-refractivity contribution in [2.45, 2.75) is 6.92 Å². The summed E-state index contributed by atoms with van der Waals surface area (Å²) >= 11 is 0. The third kappa shape index (κ3) is 4.04. The molecule has 0 aliphatic rings. The number of anilines is 2. The van der Waals surface area contributed by atoms with Crippen LogP contribution in [-0.4, -0.2) is 9.97 Å². The Morgan fingerprint density at radius 2 is 1.11 bits per heavy atom. The largest absolute Gasteiger partial charge is 0.324 e. The lowest BCUT2D eigenvalue weighted by molar-refractivity contribution is 0.627. The second-order valence-electron chi connectivity index (χ2n) is 6.47. The first-order chi connectivity index (χ1) is 13.6. The van der Waals surface area contributed by atoms with Crippen LogP contribution in [0.2, 0.25) is 0 Å². The Morgan fingerprint density at radius 1 is 0.643 bits per heavy atom. The van der Waals surface area contributed by atoms with E-state index >= 15 is 0 Å². The van der Waals surface area contributed by atoms with Crippen molar-refractivity contribution in [3.05, 3.63) is 96.1 Å². The maximum absolute atomic E-state index is 13.3. The first-order valence-electron chi connectivity index (χ1n) is 8.81. The van der Waals surface area contributed by atoms with Crippen LogP contribution in [0.5, 0.6) is 0 Å². The van der Waals surface area contributed by atoms with Gasteiger partial charge in [0.05, 0.1) is 11.4 Å². The van der Waals surface area contributed by atoms with Gasteiger partial charge in [-0.15, -0.1) is 0 Å². The molecule has 1 aromatic heterocycles. The van der Waals surface area contributed by atoms with Gasteiger partial charge in [0.1, 0.15) is 11.6 Å². The number of nitrogens with zero attached hydrogens (tertiary/aromatic N) is 2. The molecular formula is C23H17F2N3. The van der Waals surface area contributed by atoms with E-state index in [1.807, 2.05) is 31.2 Å². The number of halogens is 2. The number of benzene rings is 3. The number of hydrogen-bond acceptors (Lipinski definition) is 3. The first kappa shape index (κ1) is 17.8. The molecule has 1 heterocycles. The molecule has 1 N–H and O–H groups in total. The van der Waals surface area contributed by atoms with Crippen LogP contribution in [0.25, 0.3) is 22.5 Å². The summed E-state index contributed by atoms with van der Waals surface area (Å²) in [6.45, 7) is 2.02. The summed E-state index contributed by atoms with van der Waals surface area (Å²) in [6.07, 6.45) is 0. The molecule has 0 atom stereocenters. The molecule has 0 aliphatic carbocycles. The SMILES string of the molecule is Cc1ccc(Nc2nc(-c3ccc(F)cc3)cc(-c3ccc(F)cc3)n2)cc1.